The van der Waals surface area contributed by atoms with E-state index in [-0.39, 0.29) is 27.8 Å². The van der Waals surface area contributed by atoms with Gasteiger partial charge < -0.3 is 19.8 Å². The van der Waals surface area contributed by atoms with Crippen LogP contribution in [0.4, 0.5) is 29.2 Å². The molecule has 2 aromatic carbocycles. The highest BCUT2D eigenvalue weighted by molar-refractivity contribution is 7.95. The number of H-pyrrole nitrogens is 1. The van der Waals surface area contributed by atoms with Crippen LogP contribution in [0.25, 0.3) is 11.0 Å². The van der Waals surface area contributed by atoms with E-state index in [1.807, 2.05) is 4.31 Å². The van der Waals surface area contributed by atoms with Crippen molar-refractivity contribution in [1.29, 1.82) is 0 Å². The maximum atomic E-state index is 14.6. The van der Waals surface area contributed by atoms with Crippen LogP contribution in [0.1, 0.15) is 5.56 Å². The number of allylic oxidation sites excluding steroid dienone is 2. The van der Waals surface area contributed by atoms with Crippen LogP contribution in [0.15, 0.2) is 66.3 Å². The summed E-state index contributed by atoms with van der Waals surface area (Å²) in [5.74, 6) is -0.0380. The largest absolute Gasteiger partial charge is 0.454 e. The van der Waals surface area contributed by atoms with Crippen LogP contribution in [0.5, 0.6) is 5.75 Å². The third-order valence-electron chi connectivity index (χ3n) is 4.57. The van der Waals surface area contributed by atoms with Crippen molar-refractivity contribution in [3.05, 3.63) is 82.7 Å². The average Bonchev–Trinajstić information content (AvgIpc) is 3.35. The second kappa shape index (κ2) is 7.68. The number of rotatable bonds is 4. The van der Waals surface area contributed by atoms with Crippen LogP contribution in [-0.4, -0.2) is 14.3 Å². The number of hydrogen-bond acceptors (Lipinski definition) is 6. The first kappa shape index (κ1) is 20.6. The van der Waals surface area contributed by atoms with E-state index in [2.05, 4.69) is 20.0 Å². The van der Waals surface area contributed by atoms with Crippen molar-refractivity contribution in [2.24, 2.45) is 0 Å². The third-order valence-corrected chi connectivity index (χ3v) is 5.62. The monoisotopic (exact) mass is 481 g/mol. The van der Waals surface area contributed by atoms with Crippen LogP contribution < -0.4 is 14.8 Å². The molecule has 0 saturated heterocycles. The standard InChI is InChI=1S/C20H12ClF4N5OS/c21-14-5-10(20(23,24)25)6-16-18(14)29-19(28-16)27-11-1-2-17(15(22)7-11)31-13-3-4-30-12(8-13)9-26-32-30/h1-9,26H,(H2,27,28,29). The molecule has 0 radical (unpaired) electrons. The fourth-order valence-corrected chi connectivity index (χ4v) is 3.98. The smallest absolute Gasteiger partial charge is 0.416 e. The molecule has 0 fully saturated rings. The fourth-order valence-electron chi connectivity index (χ4n) is 3.10. The molecule has 32 heavy (non-hydrogen) atoms. The van der Waals surface area contributed by atoms with Gasteiger partial charge in [-0.1, -0.05) is 11.6 Å². The summed E-state index contributed by atoms with van der Waals surface area (Å²) in [6, 6.07) is 5.89. The van der Waals surface area contributed by atoms with Gasteiger partial charge >= 0.3 is 6.18 Å². The highest BCUT2D eigenvalue weighted by Gasteiger charge is 2.31. The van der Waals surface area contributed by atoms with E-state index in [1.54, 1.807) is 30.6 Å². The summed E-state index contributed by atoms with van der Waals surface area (Å²) in [6.07, 6.45) is 2.49. The second-order valence-electron chi connectivity index (χ2n) is 6.77. The molecule has 0 amide bonds. The summed E-state index contributed by atoms with van der Waals surface area (Å²) in [5.41, 5.74) is 0.550. The van der Waals surface area contributed by atoms with Crippen molar-refractivity contribution in [2.75, 3.05) is 5.32 Å². The number of anilines is 2. The van der Waals surface area contributed by atoms with Crippen molar-refractivity contribution in [3.63, 3.8) is 0 Å². The molecule has 1 aromatic heterocycles. The van der Waals surface area contributed by atoms with Crippen LogP contribution >= 0.6 is 23.7 Å². The lowest BCUT2D eigenvalue weighted by atomic mass is 10.2. The van der Waals surface area contributed by atoms with Gasteiger partial charge in [-0.3, -0.25) is 4.31 Å². The van der Waals surface area contributed by atoms with Gasteiger partial charge in [-0.25, -0.2) is 9.37 Å². The van der Waals surface area contributed by atoms with E-state index in [9.17, 15) is 17.6 Å². The Morgan fingerprint density at radius 1 is 1.19 bits per heavy atom. The SMILES string of the molecule is Fc1cc(Nc2nc3cc(C(F)(F)F)cc(Cl)c3[nH]2)ccc1OC1=CC2=CNSN2C=C1. The van der Waals surface area contributed by atoms with Gasteiger partial charge in [-0.2, -0.15) is 13.2 Å². The third kappa shape index (κ3) is 3.96. The van der Waals surface area contributed by atoms with Crippen molar-refractivity contribution in [2.45, 2.75) is 6.18 Å². The summed E-state index contributed by atoms with van der Waals surface area (Å²) in [4.78, 5) is 6.88. The number of aromatic amines is 1. The van der Waals surface area contributed by atoms with Gasteiger partial charge in [0.25, 0.3) is 0 Å². The minimum absolute atomic E-state index is 0.0154. The first-order chi connectivity index (χ1) is 15.3. The fraction of sp³-hybridized carbons (Fsp3) is 0.0500. The molecule has 6 nitrogen and oxygen atoms in total. The molecular formula is C20H12ClF4N5OS. The van der Waals surface area contributed by atoms with E-state index < -0.39 is 17.6 Å². The minimum atomic E-state index is -4.55. The van der Waals surface area contributed by atoms with Gasteiger partial charge in [-0.05, 0) is 30.3 Å². The van der Waals surface area contributed by atoms with Gasteiger partial charge in [0.05, 0.1) is 39.5 Å². The Kier molecular flexibility index (Phi) is 4.94. The number of imidazole rings is 1. The van der Waals surface area contributed by atoms with Crippen LogP contribution in [0, 0.1) is 5.82 Å². The van der Waals surface area contributed by atoms with Crippen molar-refractivity contribution < 1.29 is 22.3 Å². The number of alkyl halides is 3. The summed E-state index contributed by atoms with van der Waals surface area (Å²) >= 11 is 7.35. The topological polar surface area (TPSA) is 65.2 Å². The normalized spacial score (nSPS) is 15.3. The van der Waals surface area contributed by atoms with Gasteiger partial charge in [0.2, 0.25) is 5.95 Å². The first-order valence-electron chi connectivity index (χ1n) is 9.09. The highest BCUT2D eigenvalue weighted by Crippen LogP contribution is 2.35. The lowest BCUT2D eigenvalue weighted by Gasteiger charge is -2.18. The first-order valence-corrected chi connectivity index (χ1v) is 10.2. The summed E-state index contributed by atoms with van der Waals surface area (Å²) in [5, 5.41) is 2.70. The molecule has 0 saturated carbocycles. The second-order valence-corrected chi connectivity index (χ2v) is 7.99. The number of ether oxygens (including phenoxy) is 1. The lowest BCUT2D eigenvalue weighted by molar-refractivity contribution is -0.137. The average molecular weight is 482 g/mol. The van der Waals surface area contributed by atoms with E-state index >= 15 is 0 Å². The molecule has 0 atom stereocenters. The maximum absolute atomic E-state index is 14.6. The quantitative estimate of drug-likeness (QED) is 0.304. The lowest BCUT2D eigenvalue weighted by Crippen LogP contribution is -2.08. The minimum Gasteiger partial charge on any atom is -0.454 e. The molecule has 164 valence electrons. The molecule has 2 aliphatic rings. The van der Waals surface area contributed by atoms with Crippen molar-refractivity contribution >= 4 is 46.4 Å². The molecule has 0 unspecified atom stereocenters. The number of hydrogen-bond donors (Lipinski definition) is 3. The molecule has 2 aliphatic heterocycles. The Labute approximate surface area is 187 Å². The maximum Gasteiger partial charge on any atom is 0.416 e. The highest BCUT2D eigenvalue weighted by atomic mass is 35.5. The molecule has 3 aromatic rings. The Bertz CT molecular complexity index is 1320. The van der Waals surface area contributed by atoms with Crippen molar-refractivity contribution in [3.8, 4) is 5.75 Å². The van der Waals surface area contributed by atoms with E-state index in [0.717, 1.165) is 17.8 Å². The number of nitrogens with zero attached hydrogens (tertiary/aromatic N) is 2. The predicted molar refractivity (Wildman–Crippen MR) is 114 cm³/mol. The van der Waals surface area contributed by atoms with Gasteiger partial charge in [0, 0.05) is 30.2 Å². The van der Waals surface area contributed by atoms with E-state index in [1.165, 1.54) is 24.3 Å². The number of aromatic nitrogens is 2. The van der Waals surface area contributed by atoms with Crippen molar-refractivity contribution in [1.82, 2.24) is 19.0 Å². The van der Waals surface area contributed by atoms with Gasteiger partial charge in [0.15, 0.2) is 11.6 Å². The Hall–Kier alpha value is -3.31. The van der Waals surface area contributed by atoms with Crippen LogP contribution in [0.3, 0.4) is 0 Å². The zero-order valence-electron chi connectivity index (χ0n) is 15.8. The molecular weight excluding hydrogens is 470 g/mol. The van der Waals surface area contributed by atoms with Crippen LogP contribution in [-0.2, 0) is 6.18 Å². The van der Waals surface area contributed by atoms with Gasteiger partial charge in [0.1, 0.15) is 5.76 Å². The molecule has 3 heterocycles. The summed E-state index contributed by atoms with van der Waals surface area (Å²) in [6.45, 7) is 0. The number of benzene rings is 2. The van der Waals surface area contributed by atoms with Gasteiger partial charge in [-0.15, -0.1) is 0 Å². The Balaban J connectivity index is 1.35. The Morgan fingerprint density at radius 2 is 2.03 bits per heavy atom. The molecule has 3 N–H and O–H groups in total. The number of fused-ring (bicyclic) bond motifs is 2. The predicted octanol–water partition coefficient (Wildman–Crippen LogP) is 6.22. The van der Waals surface area contributed by atoms with E-state index in [0.29, 0.717) is 11.4 Å². The zero-order chi connectivity index (χ0) is 22.5. The zero-order valence-corrected chi connectivity index (χ0v) is 17.4. The molecule has 0 spiro atoms. The van der Waals surface area contributed by atoms with Crippen LogP contribution in [0.2, 0.25) is 5.02 Å². The molecule has 0 aliphatic carbocycles. The number of halogens is 5. The molecule has 0 bridgehead atoms. The molecule has 12 heteroatoms. The number of nitrogens with one attached hydrogen (secondary N) is 3. The Morgan fingerprint density at radius 3 is 2.81 bits per heavy atom. The summed E-state index contributed by atoms with van der Waals surface area (Å²) < 4.78 is 64.0. The molecule has 5 rings (SSSR count). The van der Waals surface area contributed by atoms with E-state index in [4.69, 9.17) is 16.3 Å². The summed E-state index contributed by atoms with van der Waals surface area (Å²) in [7, 11) is 0.